The van der Waals surface area contributed by atoms with Gasteiger partial charge in [-0.1, -0.05) is 18.2 Å². The van der Waals surface area contributed by atoms with E-state index in [2.05, 4.69) is 0 Å². The lowest BCUT2D eigenvalue weighted by molar-refractivity contribution is -0.148. The molecule has 1 atom stereocenters. The molecule has 1 rings (SSSR count). The summed E-state index contributed by atoms with van der Waals surface area (Å²) in [6.45, 7) is 6.44. The Kier molecular flexibility index (Phi) is 5.53. The summed E-state index contributed by atoms with van der Waals surface area (Å²) in [5.41, 5.74) is -0.663. The maximum Gasteiger partial charge on any atom is 0.336 e. The molecule has 0 aliphatic heterocycles. The second-order valence-electron chi connectivity index (χ2n) is 5.18. The van der Waals surface area contributed by atoms with Crippen molar-refractivity contribution < 1.29 is 18.9 Å². The van der Waals surface area contributed by atoms with E-state index in [1.807, 2.05) is 0 Å². The van der Waals surface area contributed by atoms with Crippen LogP contribution in [0.15, 0.2) is 46.2 Å². The molecule has 0 amide bonds. The molecular weight excluding hydrogens is 276 g/mol. The van der Waals surface area contributed by atoms with E-state index in [0.29, 0.717) is 4.90 Å². The van der Waals surface area contributed by atoms with Crippen LogP contribution in [-0.2, 0) is 25.5 Å². The van der Waals surface area contributed by atoms with E-state index >= 15 is 0 Å². The number of ether oxygens (including phenoxy) is 1. The first-order chi connectivity index (χ1) is 9.20. The molecule has 5 heteroatoms. The van der Waals surface area contributed by atoms with Crippen LogP contribution in [0.1, 0.15) is 27.7 Å². The quantitative estimate of drug-likeness (QED) is 0.486. The number of ketones is 1. The van der Waals surface area contributed by atoms with Gasteiger partial charge in [0, 0.05) is 18.1 Å². The molecule has 0 saturated heterocycles. The van der Waals surface area contributed by atoms with Gasteiger partial charge in [-0.25, -0.2) is 4.79 Å². The monoisotopic (exact) mass is 294 g/mol. The SMILES string of the molecule is CC(=O)/C(=C/C(=O)OC(C)(C)C)[S+]([O-])c1ccccc1. The molecule has 0 bridgehead atoms. The van der Waals surface area contributed by atoms with Gasteiger partial charge in [0.25, 0.3) is 0 Å². The van der Waals surface area contributed by atoms with Gasteiger partial charge < -0.3 is 9.29 Å². The van der Waals surface area contributed by atoms with Crippen LogP contribution in [0.2, 0.25) is 0 Å². The van der Waals surface area contributed by atoms with Crippen molar-refractivity contribution in [1.29, 1.82) is 0 Å². The number of benzene rings is 1. The van der Waals surface area contributed by atoms with Gasteiger partial charge in [0.05, 0.1) is 6.08 Å². The highest BCUT2D eigenvalue weighted by Crippen LogP contribution is 2.20. The summed E-state index contributed by atoms with van der Waals surface area (Å²) in [6.07, 6.45) is 1.01. The van der Waals surface area contributed by atoms with Gasteiger partial charge >= 0.3 is 5.97 Å². The molecule has 1 aromatic carbocycles. The van der Waals surface area contributed by atoms with Gasteiger partial charge in [-0.15, -0.1) is 0 Å². The number of carbonyl (C=O) groups is 2. The van der Waals surface area contributed by atoms with Crippen LogP contribution in [0.4, 0.5) is 0 Å². The molecule has 0 aliphatic carbocycles. The highest BCUT2D eigenvalue weighted by Gasteiger charge is 2.25. The predicted molar refractivity (Wildman–Crippen MR) is 77.5 cm³/mol. The van der Waals surface area contributed by atoms with Crippen molar-refractivity contribution in [2.75, 3.05) is 0 Å². The Morgan fingerprint density at radius 3 is 2.20 bits per heavy atom. The third-order valence-corrected chi connectivity index (χ3v) is 3.66. The average Bonchev–Trinajstić information content (AvgIpc) is 2.34. The first kappa shape index (κ1) is 16.5. The van der Waals surface area contributed by atoms with E-state index in [1.165, 1.54) is 6.92 Å². The zero-order valence-electron chi connectivity index (χ0n) is 12.0. The third kappa shape index (κ3) is 5.19. The second-order valence-corrected chi connectivity index (χ2v) is 6.63. The first-order valence-electron chi connectivity index (χ1n) is 6.13. The summed E-state index contributed by atoms with van der Waals surface area (Å²) in [5, 5.41) is 0. The summed E-state index contributed by atoms with van der Waals surface area (Å²) in [4.78, 5) is 23.7. The fourth-order valence-electron chi connectivity index (χ4n) is 1.40. The smallest absolute Gasteiger partial charge is 0.336 e. The number of esters is 1. The van der Waals surface area contributed by atoms with Crippen LogP contribution in [0.3, 0.4) is 0 Å². The van der Waals surface area contributed by atoms with Gasteiger partial charge in [-0.05, 0) is 32.9 Å². The number of hydrogen-bond acceptors (Lipinski definition) is 4. The fourth-order valence-corrected chi connectivity index (χ4v) is 2.52. The molecule has 108 valence electrons. The van der Waals surface area contributed by atoms with E-state index in [1.54, 1.807) is 51.1 Å². The summed E-state index contributed by atoms with van der Waals surface area (Å²) in [5.74, 6) is -1.09. The molecule has 0 aromatic heterocycles. The normalized spacial score (nSPS) is 13.8. The maximum atomic E-state index is 12.3. The summed E-state index contributed by atoms with van der Waals surface area (Å²) in [6, 6.07) is 8.51. The largest absolute Gasteiger partial charge is 0.606 e. The maximum absolute atomic E-state index is 12.3. The van der Waals surface area contributed by atoms with Crippen molar-refractivity contribution in [3.63, 3.8) is 0 Å². The van der Waals surface area contributed by atoms with Crippen LogP contribution in [0.5, 0.6) is 0 Å². The Hall–Kier alpha value is -1.59. The zero-order chi connectivity index (χ0) is 15.3. The summed E-state index contributed by atoms with van der Waals surface area (Å²) >= 11 is -1.69. The van der Waals surface area contributed by atoms with Crippen molar-refractivity contribution in [3.05, 3.63) is 41.3 Å². The molecule has 0 radical (unpaired) electrons. The van der Waals surface area contributed by atoms with E-state index in [9.17, 15) is 14.1 Å². The lowest BCUT2D eigenvalue weighted by atomic mass is 10.2. The van der Waals surface area contributed by atoms with E-state index < -0.39 is 28.5 Å². The number of rotatable bonds is 4. The Labute approximate surface area is 122 Å². The molecule has 1 unspecified atom stereocenters. The number of hydrogen-bond donors (Lipinski definition) is 0. The third-order valence-electron chi connectivity index (χ3n) is 2.16. The number of Topliss-reactive ketones (excluding diaryl/α,β-unsaturated/α-hetero) is 1. The van der Waals surface area contributed by atoms with Crippen LogP contribution in [-0.4, -0.2) is 21.9 Å². The van der Waals surface area contributed by atoms with Gasteiger partial charge in [-0.3, -0.25) is 4.79 Å². The predicted octanol–water partition coefficient (Wildman–Crippen LogP) is 2.61. The van der Waals surface area contributed by atoms with Gasteiger partial charge in [0.1, 0.15) is 5.60 Å². The van der Waals surface area contributed by atoms with Crippen molar-refractivity contribution in [3.8, 4) is 0 Å². The van der Waals surface area contributed by atoms with Crippen molar-refractivity contribution in [1.82, 2.24) is 0 Å². The molecule has 20 heavy (non-hydrogen) atoms. The van der Waals surface area contributed by atoms with Crippen molar-refractivity contribution in [2.45, 2.75) is 38.2 Å². The Balaban J connectivity index is 3.00. The van der Waals surface area contributed by atoms with Crippen LogP contribution < -0.4 is 0 Å². The van der Waals surface area contributed by atoms with Gasteiger partial charge in [0.15, 0.2) is 4.90 Å². The second kappa shape index (κ2) is 6.72. The van der Waals surface area contributed by atoms with Crippen molar-refractivity contribution in [2.24, 2.45) is 0 Å². The van der Waals surface area contributed by atoms with Crippen LogP contribution in [0, 0.1) is 0 Å². The highest BCUT2D eigenvalue weighted by molar-refractivity contribution is 7.96. The minimum Gasteiger partial charge on any atom is -0.606 e. The van der Waals surface area contributed by atoms with Gasteiger partial charge in [0.2, 0.25) is 10.7 Å². The minimum atomic E-state index is -1.69. The first-order valence-corrected chi connectivity index (χ1v) is 7.28. The van der Waals surface area contributed by atoms with E-state index in [4.69, 9.17) is 4.74 Å². The summed E-state index contributed by atoms with van der Waals surface area (Å²) < 4.78 is 17.4. The highest BCUT2D eigenvalue weighted by atomic mass is 32.2. The number of allylic oxidation sites excluding steroid dienone is 1. The molecule has 4 nitrogen and oxygen atoms in total. The van der Waals surface area contributed by atoms with E-state index in [-0.39, 0.29) is 4.91 Å². The average molecular weight is 294 g/mol. The summed E-state index contributed by atoms with van der Waals surface area (Å²) in [7, 11) is 0. The van der Waals surface area contributed by atoms with Crippen LogP contribution >= 0.6 is 0 Å². The minimum absolute atomic E-state index is 0.0644. The Morgan fingerprint density at radius 2 is 1.75 bits per heavy atom. The van der Waals surface area contributed by atoms with E-state index in [0.717, 1.165) is 6.08 Å². The Morgan fingerprint density at radius 1 is 1.20 bits per heavy atom. The topological polar surface area (TPSA) is 66.4 Å². The number of carbonyl (C=O) groups excluding carboxylic acids is 2. The lowest BCUT2D eigenvalue weighted by Crippen LogP contribution is -2.24. The zero-order valence-corrected chi connectivity index (χ0v) is 12.8. The molecular formula is C15H18O4S. The molecule has 0 heterocycles. The Bertz CT molecular complexity index is 514. The molecule has 1 aromatic rings. The van der Waals surface area contributed by atoms with Crippen molar-refractivity contribution >= 4 is 22.9 Å². The molecule has 0 fully saturated rings. The molecule has 0 spiro atoms. The molecule has 0 N–H and O–H groups in total. The standard InChI is InChI=1S/C15H18O4S/c1-11(16)13(10-14(17)19-15(2,3)4)20(18)12-8-6-5-7-9-12/h5-10H,1-4H3/b13-10-. The fraction of sp³-hybridized carbons (Fsp3) is 0.333. The van der Waals surface area contributed by atoms with Crippen LogP contribution in [0.25, 0.3) is 0 Å². The molecule has 0 aliphatic rings. The van der Waals surface area contributed by atoms with Gasteiger partial charge in [-0.2, -0.15) is 0 Å². The lowest BCUT2D eigenvalue weighted by Gasteiger charge is -2.18. The molecule has 0 saturated carbocycles.